The Labute approximate surface area is 137 Å². The molecule has 1 aromatic heterocycles. The number of aromatic nitrogens is 1. The highest BCUT2D eigenvalue weighted by molar-refractivity contribution is 7.80. The molecule has 0 atom stereocenters. The molecule has 1 fully saturated rings. The standard InChI is InChI=1S/C18H24N2OS/c1-18(2,3)20-10-8-12(9-11-20)15-16(22)13-6-4-5-7-14(13)19-17(15)21/h4-7,12H,8-11H2,1-3H3,(H2,19,21,22). The minimum absolute atomic E-state index is 0.0258. The van der Waals surface area contributed by atoms with Gasteiger partial charge in [0.15, 0.2) is 0 Å². The molecule has 0 amide bonds. The van der Waals surface area contributed by atoms with Crippen LogP contribution in [0.25, 0.3) is 10.9 Å². The first kappa shape index (κ1) is 15.6. The smallest absolute Gasteiger partial charge is 0.253 e. The van der Waals surface area contributed by atoms with Crippen LogP contribution < -0.4 is 5.56 Å². The molecule has 1 saturated heterocycles. The van der Waals surface area contributed by atoms with Crippen LogP contribution in [0, 0.1) is 0 Å². The fraction of sp³-hybridized carbons (Fsp3) is 0.500. The number of nitrogens with one attached hydrogen (secondary N) is 1. The lowest BCUT2D eigenvalue weighted by molar-refractivity contribution is 0.102. The van der Waals surface area contributed by atoms with Gasteiger partial charge in [-0.1, -0.05) is 18.2 Å². The fourth-order valence-electron chi connectivity index (χ4n) is 3.46. The fourth-order valence-corrected chi connectivity index (χ4v) is 3.94. The first-order valence-corrected chi connectivity index (χ1v) is 8.41. The average molecular weight is 316 g/mol. The summed E-state index contributed by atoms with van der Waals surface area (Å²) in [5.74, 6) is 0.305. The van der Waals surface area contributed by atoms with Gasteiger partial charge < -0.3 is 4.98 Å². The summed E-state index contributed by atoms with van der Waals surface area (Å²) in [4.78, 5) is 18.9. The molecule has 3 rings (SSSR count). The minimum Gasteiger partial charge on any atom is -0.322 e. The predicted octanol–water partition coefficient (Wildman–Crippen LogP) is 3.79. The second kappa shape index (κ2) is 5.74. The van der Waals surface area contributed by atoms with Crippen molar-refractivity contribution in [2.24, 2.45) is 0 Å². The number of hydrogen-bond acceptors (Lipinski definition) is 3. The summed E-state index contributed by atoms with van der Waals surface area (Å²) in [6, 6.07) is 7.89. The third kappa shape index (κ3) is 2.82. The van der Waals surface area contributed by atoms with E-state index in [9.17, 15) is 4.79 Å². The number of benzene rings is 1. The van der Waals surface area contributed by atoms with Crippen LogP contribution in [0.5, 0.6) is 0 Å². The summed E-state index contributed by atoms with van der Waals surface area (Å²) >= 11 is 4.69. The van der Waals surface area contributed by atoms with Gasteiger partial charge in [0.1, 0.15) is 0 Å². The van der Waals surface area contributed by atoms with Gasteiger partial charge in [0.2, 0.25) is 0 Å². The number of hydrogen-bond donors (Lipinski definition) is 2. The first-order chi connectivity index (χ1) is 10.4. The third-order valence-electron chi connectivity index (χ3n) is 4.78. The van der Waals surface area contributed by atoms with Gasteiger partial charge in [0.25, 0.3) is 5.56 Å². The Morgan fingerprint density at radius 2 is 1.82 bits per heavy atom. The van der Waals surface area contributed by atoms with Crippen molar-refractivity contribution < 1.29 is 0 Å². The molecule has 118 valence electrons. The molecular weight excluding hydrogens is 292 g/mol. The number of para-hydroxylation sites is 1. The Balaban J connectivity index is 1.94. The van der Waals surface area contributed by atoms with Gasteiger partial charge in [-0.2, -0.15) is 0 Å². The number of pyridine rings is 1. The van der Waals surface area contributed by atoms with Crippen LogP contribution in [0.3, 0.4) is 0 Å². The molecule has 0 unspecified atom stereocenters. The van der Waals surface area contributed by atoms with Crippen molar-refractivity contribution in [1.82, 2.24) is 9.88 Å². The number of likely N-dealkylation sites (tertiary alicyclic amines) is 1. The van der Waals surface area contributed by atoms with E-state index < -0.39 is 0 Å². The number of thiol groups is 1. The summed E-state index contributed by atoms with van der Waals surface area (Å²) in [5.41, 5.74) is 1.96. The molecule has 22 heavy (non-hydrogen) atoms. The van der Waals surface area contributed by atoms with Crippen LogP contribution >= 0.6 is 12.6 Å². The number of fused-ring (bicyclic) bond motifs is 1. The molecule has 1 N–H and O–H groups in total. The van der Waals surface area contributed by atoms with Crippen molar-refractivity contribution in [3.8, 4) is 0 Å². The average Bonchev–Trinajstić information content (AvgIpc) is 2.47. The van der Waals surface area contributed by atoms with Gasteiger partial charge in [-0.3, -0.25) is 9.69 Å². The number of H-pyrrole nitrogens is 1. The topological polar surface area (TPSA) is 36.1 Å². The molecule has 2 heterocycles. The van der Waals surface area contributed by atoms with E-state index in [1.54, 1.807) is 0 Å². The van der Waals surface area contributed by atoms with E-state index in [1.807, 2.05) is 24.3 Å². The van der Waals surface area contributed by atoms with E-state index in [1.165, 1.54) is 0 Å². The molecule has 1 aliphatic rings. The molecule has 0 saturated carbocycles. The number of rotatable bonds is 1. The van der Waals surface area contributed by atoms with Gasteiger partial charge in [-0.05, 0) is 58.7 Å². The van der Waals surface area contributed by atoms with Crippen LogP contribution in [0.2, 0.25) is 0 Å². The summed E-state index contributed by atoms with van der Waals surface area (Å²) in [5, 5.41) is 1.04. The molecular formula is C18H24N2OS. The zero-order valence-electron chi connectivity index (χ0n) is 13.5. The number of nitrogens with zero attached hydrogens (tertiary/aromatic N) is 1. The van der Waals surface area contributed by atoms with Gasteiger partial charge in [-0.15, -0.1) is 12.6 Å². The lowest BCUT2D eigenvalue weighted by atomic mass is 9.87. The van der Waals surface area contributed by atoms with Gasteiger partial charge in [0, 0.05) is 26.9 Å². The highest BCUT2D eigenvalue weighted by atomic mass is 32.1. The van der Waals surface area contributed by atoms with Gasteiger partial charge in [0.05, 0.1) is 0 Å². The zero-order valence-corrected chi connectivity index (χ0v) is 14.4. The lowest BCUT2D eigenvalue weighted by Crippen LogP contribution is -2.46. The molecule has 2 aromatic rings. The predicted molar refractivity (Wildman–Crippen MR) is 95.1 cm³/mol. The Morgan fingerprint density at radius 1 is 1.18 bits per heavy atom. The molecule has 0 spiro atoms. The molecule has 3 nitrogen and oxygen atoms in total. The van der Waals surface area contributed by atoms with Crippen molar-refractivity contribution >= 4 is 23.5 Å². The van der Waals surface area contributed by atoms with Crippen molar-refractivity contribution in [3.05, 3.63) is 40.2 Å². The number of aromatic amines is 1. The van der Waals surface area contributed by atoms with Crippen molar-refractivity contribution in [1.29, 1.82) is 0 Å². The van der Waals surface area contributed by atoms with Crippen LogP contribution in [0.15, 0.2) is 34.0 Å². The Morgan fingerprint density at radius 3 is 2.45 bits per heavy atom. The monoisotopic (exact) mass is 316 g/mol. The van der Waals surface area contributed by atoms with Crippen LogP contribution in [0.1, 0.15) is 45.1 Å². The van der Waals surface area contributed by atoms with Crippen molar-refractivity contribution in [2.45, 2.75) is 50.0 Å². The maximum Gasteiger partial charge on any atom is 0.253 e. The largest absolute Gasteiger partial charge is 0.322 e. The maximum atomic E-state index is 12.5. The molecule has 0 aliphatic carbocycles. The van der Waals surface area contributed by atoms with Crippen molar-refractivity contribution in [3.63, 3.8) is 0 Å². The van der Waals surface area contributed by atoms with E-state index in [2.05, 4.69) is 43.3 Å². The lowest BCUT2D eigenvalue weighted by Gasteiger charge is -2.41. The van der Waals surface area contributed by atoms with E-state index in [4.69, 9.17) is 0 Å². The third-order valence-corrected chi connectivity index (χ3v) is 5.26. The minimum atomic E-state index is 0.0258. The Hall–Kier alpha value is -1.26. The molecule has 1 aliphatic heterocycles. The first-order valence-electron chi connectivity index (χ1n) is 7.97. The molecule has 0 radical (unpaired) electrons. The summed E-state index contributed by atoms with van der Waals surface area (Å²) < 4.78 is 0. The highest BCUT2D eigenvalue weighted by Crippen LogP contribution is 2.34. The Bertz CT molecular complexity index is 737. The number of piperidine rings is 1. The quantitative estimate of drug-likeness (QED) is 0.785. The van der Waals surface area contributed by atoms with E-state index in [0.717, 1.165) is 47.3 Å². The molecule has 1 aromatic carbocycles. The molecule has 0 bridgehead atoms. The second-order valence-electron chi connectivity index (χ2n) is 7.19. The maximum absolute atomic E-state index is 12.5. The van der Waals surface area contributed by atoms with E-state index in [0.29, 0.717) is 5.92 Å². The second-order valence-corrected chi connectivity index (χ2v) is 7.64. The van der Waals surface area contributed by atoms with E-state index in [-0.39, 0.29) is 11.1 Å². The van der Waals surface area contributed by atoms with Crippen molar-refractivity contribution in [2.75, 3.05) is 13.1 Å². The zero-order chi connectivity index (χ0) is 15.9. The summed E-state index contributed by atoms with van der Waals surface area (Å²) in [6.45, 7) is 8.82. The Kier molecular flexibility index (Phi) is 4.08. The van der Waals surface area contributed by atoms with Gasteiger partial charge >= 0.3 is 0 Å². The van der Waals surface area contributed by atoms with Gasteiger partial charge in [-0.25, -0.2) is 0 Å². The van der Waals surface area contributed by atoms with Crippen LogP contribution in [-0.4, -0.2) is 28.5 Å². The van der Waals surface area contributed by atoms with Crippen LogP contribution in [-0.2, 0) is 0 Å². The highest BCUT2D eigenvalue weighted by Gasteiger charge is 2.29. The SMILES string of the molecule is CC(C)(C)N1CCC(c2c(S)c3ccccc3[nH]c2=O)CC1. The normalized spacial score (nSPS) is 18.0. The summed E-state index contributed by atoms with van der Waals surface area (Å²) in [7, 11) is 0. The summed E-state index contributed by atoms with van der Waals surface area (Å²) in [6.07, 6.45) is 2.04. The van der Waals surface area contributed by atoms with Crippen LogP contribution in [0.4, 0.5) is 0 Å². The van der Waals surface area contributed by atoms with E-state index >= 15 is 0 Å². The molecule has 4 heteroatoms.